The first-order valence-corrected chi connectivity index (χ1v) is 14.4. The number of nitrogens with zero attached hydrogens (tertiary/aromatic N) is 3. The van der Waals surface area contributed by atoms with Gasteiger partial charge >= 0.3 is 0 Å². The van der Waals surface area contributed by atoms with Gasteiger partial charge in [-0.05, 0) is 79.4 Å². The summed E-state index contributed by atoms with van der Waals surface area (Å²) in [6, 6.07) is 8.77. The summed E-state index contributed by atoms with van der Waals surface area (Å²) in [6.45, 7) is 3.17. The molecule has 5 aliphatic rings. The number of nitrogens with one attached hydrogen (secondary N) is 1. The fourth-order valence-electron chi connectivity index (χ4n) is 7.79. The zero-order chi connectivity index (χ0) is 25.4. The topological polar surface area (TPSA) is 65.5 Å². The maximum Gasteiger partial charge on any atom is 0.233 e. The Morgan fingerprint density at radius 1 is 1.03 bits per heavy atom. The first kappa shape index (κ1) is 20.1. The van der Waals surface area contributed by atoms with E-state index in [1.807, 2.05) is 0 Å². The number of carbonyl (C=O) groups is 2. The molecule has 1 aromatic carbocycles. The average molecular weight is 495 g/mol. The van der Waals surface area contributed by atoms with E-state index in [1.54, 1.807) is 11.5 Å². The van der Waals surface area contributed by atoms with Crippen LogP contribution >= 0.6 is 11.5 Å². The lowest BCUT2D eigenvalue weighted by Gasteiger charge is -2.39. The van der Waals surface area contributed by atoms with Crippen molar-refractivity contribution in [3.63, 3.8) is 0 Å². The van der Waals surface area contributed by atoms with Crippen LogP contribution in [-0.2, 0) is 9.59 Å². The van der Waals surface area contributed by atoms with Crippen LogP contribution in [0.5, 0.6) is 0 Å². The van der Waals surface area contributed by atoms with Gasteiger partial charge in [-0.2, -0.15) is 4.37 Å². The van der Waals surface area contributed by atoms with Gasteiger partial charge in [-0.25, -0.2) is 0 Å². The maximum absolute atomic E-state index is 13.5. The molecule has 6 nitrogen and oxygen atoms in total. The number of piperazine rings is 1. The van der Waals surface area contributed by atoms with E-state index in [-0.39, 0.29) is 29.6 Å². The fourth-order valence-corrected chi connectivity index (χ4v) is 8.58. The number of amides is 2. The molecular weight excluding hydrogens is 456 g/mol. The Balaban J connectivity index is 1.06. The highest BCUT2D eigenvalue weighted by atomic mass is 32.1. The molecule has 2 amide bonds. The van der Waals surface area contributed by atoms with Gasteiger partial charge in [0.15, 0.2) is 0 Å². The Labute approximate surface area is 214 Å². The number of fused-ring (bicyclic) bond motifs is 6. The number of carbonyl (C=O) groups excluding carboxylic acids is 2. The number of rotatable bonds is 5. The summed E-state index contributed by atoms with van der Waals surface area (Å²) >= 11 is 1.56. The molecule has 7 heteroatoms. The standard InChI is InChI=1S/C28H36N4O2S/c33-27-24-18-9-10-19(13-18)25(24)28(34)32(27)15-20-6-2-1-5-17(20)14-21-16-31(12-11-29-21)26-22-7-3-4-8-23(22)35-30-26/h3-4,7-8,17-21,24-25,29H,1-2,5-6,9-16H2/t17?,18-,19?,20?,21?,24+,25-/m0/s1/i24D,25D. The molecule has 2 saturated heterocycles. The van der Waals surface area contributed by atoms with Crippen LogP contribution in [0.15, 0.2) is 24.3 Å². The van der Waals surface area contributed by atoms with E-state index in [2.05, 4.69) is 34.5 Å². The Bertz CT molecular complexity index is 1210. The number of anilines is 1. The van der Waals surface area contributed by atoms with Gasteiger partial charge in [-0.3, -0.25) is 14.5 Å². The molecule has 5 fully saturated rings. The lowest BCUT2D eigenvalue weighted by Crippen LogP contribution is -2.52. The van der Waals surface area contributed by atoms with Gasteiger partial charge in [0.05, 0.1) is 16.5 Å². The second-order valence-electron chi connectivity index (χ2n) is 11.4. The first-order chi connectivity index (χ1) is 17.9. The number of benzene rings is 1. The summed E-state index contributed by atoms with van der Waals surface area (Å²) in [5.74, 6) is -2.35. The van der Waals surface area contributed by atoms with Crippen LogP contribution in [0.25, 0.3) is 10.1 Å². The molecule has 35 heavy (non-hydrogen) atoms. The quantitative estimate of drug-likeness (QED) is 0.628. The molecule has 3 saturated carbocycles. The minimum absolute atomic E-state index is 0.127. The second-order valence-corrected chi connectivity index (χ2v) is 12.2. The molecule has 0 spiro atoms. The van der Waals surface area contributed by atoms with Crippen LogP contribution in [-0.4, -0.2) is 53.3 Å². The molecule has 7 atom stereocenters. The van der Waals surface area contributed by atoms with Crippen molar-refractivity contribution in [1.29, 1.82) is 0 Å². The predicted octanol–water partition coefficient (Wildman–Crippen LogP) is 4.30. The normalized spacial score (nSPS) is 42.0. The molecule has 3 aliphatic carbocycles. The zero-order valence-corrected chi connectivity index (χ0v) is 21.1. The van der Waals surface area contributed by atoms with Crippen LogP contribution in [0.4, 0.5) is 5.82 Å². The van der Waals surface area contributed by atoms with Crippen molar-refractivity contribution in [2.45, 2.75) is 57.4 Å². The Hall–Kier alpha value is -1.99. The SMILES string of the molecule is [2H][C@@]12C(=O)N(CC3CCCCC3CC3CN(c4nsc5ccccc45)CCN3)C(=O)[C@]1([2H])[C@H]1CCC2C1. The Morgan fingerprint density at radius 2 is 1.77 bits per heavy atom. The average Bonchev–Trinajstić information content (AvgIpc) is 3.65. The molecule has 2 aromatic rings. The highest BCUT2D eigenvalue weighted by Gasteiger charge is 2.61. The van der Waals surface area contributed by atoms with Gasteiger partial charge in [0.2, 0.25) is 11.8 Å². The van der Waals surface area contributed by atoms with Crippen molar-refractivity contribution in [1.82, 2.24) is 14.6 Å². The largest absolute Gasteiger partial charge is 0.352 e. The molecule has 2 aliphatic heterocycles. The zero-order valence-electron chi connectivity index (χ0n) is 22.2. The van der Waals surface area contributed by atoms with Crippen molar-refractivity contribution >= 4 is 39.3 Å². The van der Waals surface area contributed by atoms with Gasteiger partial charge in [0.1, 0.15) is 5.82 Å². The van der Waals surface area contributed by atoms with E-state index in [4.69, 9.17) is 7.12 Å². The Morgan fingerprint density at radius 3 is 2.57 bits per heavy atom. The molecule has 1 N–H and O–H groups in total. The van der Waals surface area contributed by atoms with Gasteiger partial charge < -0.3 is 10.2 Å². The number of aromatic nitrogens is 1. The van der Waals surface area contributed by atoms with E-state index in [0.717, 1.165) is 64.0 Å². The molecule has 186 valence electrons. The summed E-state index contributed by atoms with van der Waals surface area (Å²) in [7, 11) is 0. The highest BCUT2D eigenvalue weighted by Crippen LogP contribution is 2.56. The first-order valence-electron chi connectivity index (χ1n) is 14.6. The van der Waals surface area contributed by atoms with Gasteiger partial charge in [0, 0.05) is 40.3 Å². The summed E-state index contributed by atoms with van der Waals surface area (Å²) in [4.78, 5) is 30.9. The van der Waals surface area contributed by atoms with E-state index >= 15 is 0 Å². The number of imide groups is 1. The maximum atomic E-state index is 13.5. The van der Waals surface area contributed by atoms with E-state index in [0.29, 0.717) is 24.9 Å². The predicted molar refractivity (Wildman–Crippen MR) is 138 cm³/mol. The molecule has 4 unspecified atom stereocenters. The minimum Gasteiger partial charge on any atom is -0.352 e. The van der Waals surface area contributed by atoms with Gasteiger partial charge in [-0.1, -0.05) is 31.4 Å². The van der Waals surface area contributed by atoms with E-state index < -0.39 is 11.8 Å². The van der Waals surface area contributed by atoms with Crippen molar-refractivity contribution in [3.8, 4) is 0 Å². The van der Waals surface area contributed by atoms with Crippen LogP contribution in [0, 0.1) is 35.5 Å². The van der Waals surface area contributed by atoms with Crippen LogP contribution in [0.3, 0.4) is 0 Å². The lowest BCUT2D eigenvalue weighted by atomic mass is 9.75. The van der Waals surface area contributed by atoms with Gasteiger partial charge in [0.25, 0.3) is 0 Å². The lowest BCUT2D eigenvalue weighted by molar-refractivity contribution is -0.142. The monoisotopic (exact) mass is 494 g/mol. The summed E-state index contributed by atoms with van der Waals surface area (Å²) in [6.07, 6.45) is 7.77. The van der Waals surface area contributed by atoms with Crippen molar-refractivity contribution in [3.05, 3.63) is 24.3 Å². The second kappa shape index (κ2) is 8.84. The van der Waals surface area contributed by atoms with Crippen molar-refractivity contribution in [2.75, 3.05) is 31.1 Å². The smallest absolute Gasteiger partial charge is 0.233 e. The van der Waals surface area contributed by atoms with Crippen LogP contribution < -0.4 is 10.2 Å². The molecule has 3 heterocycles. The third kappa shape index (κ3) is 3.72. The van der Waals surface area contributed by atoms with E-state index in [9.17, 15) is 9.59 Å². The third-order valence-electron chi connectivity index (χ3n) is 9.47. The van der Waals surface area contributed by atoms with E-state index in [1.165, 1.54) is 21.4 Å². The van der Waals surface area contributed by atoms with Crippen LogP contribution in [0.1, 0.15) is 54.1 Å². The molecule has 7 rings (SSSR count). The number of likely N-dealkylation sites (tertiary alicyclic amines) is 1. The number of hydrogen-bond donors (Lipinski definition) is 1. The molecule has 1 aromatic heterocycles. The van der Waals surface area contributed by atoms with Crippen molar-refractivity contribution in [2.24, 2.45) is 35.5 Å². The summed E-state index contributed by atoms with van der Waals surface area (Å²) in [5, 5.41) is 4.95. The summed E-state index contributed by atoms with van der Waals surface area (Å²) < 4.78 is 24.1. The van der Waals surface area contributed by atoms with Crippen LogP contribution in [0.2, 0.25) is 0 Å². The van der Waals surface area contributed by atoms with Gasteiger partial charge in [-0.15, -0.1) is 0 Å². The summed E-state index contributed by atoms with van der Waals surface area (Å²) in [5.41, 5.74) is 0. The Kier molecular flexibility index (Phi) is 5.08. The van der Waals surface area contributed by atoms with Crippen molar-refractivity contribution < 1.29 is 12.3 Å². The minimum atomic E-state index is -1.56. The molecular formula is C28H36N4O2S. The highest BCUT2D eigenvalue weighted by molar-refractivity contribution is 7.13. The fraction of sp³-hybridized carbons (Fsp3) is 0.679. The molecule has 0 radical (unpaired) electrons. The molecule has 2 bridgehead atoms. The third-order valence-corrected chi connectivity index (χ3v) is 10.3. The number of hydrogen-bond acceptors (Lipinski definition) is 6.